The molecule has 19 nitrogen and oxygen atoms in total. The van der Waals surface area contributed by atoms with Crippen LogP contribution in [0.3, 0.4) is 0 Å². The van der Waals surface area contributed by atoms with E-state index in [-0.39, 0.29) is 42.1 Å². The molecular weight excluding hydrogens is 936 g/mol. The van der Waals surface area contributed by atoms with Gasteiger partial charge in [0.1, 0.15) is 24.6 Å². The van der Waals surface area contributed by atoms with Crippen molar-refractivity contribution in [3.8, 4) is 0 Å². The van der Waals surface area contributed by atoms with Crippen molar-refractivity contribution in [2.45, 2.75) is 70.9 Å². The van der Waals surface area contributed by atoms with E-state index in [9.17, 15) is 36.1 Å². The van der Waals surface area contributed by atoms with Gasteiger partial charge in [0.2, 0.25) is 11.4 Å². The molecule has 2 aromatic carbocycles. The maximum Gasteiger partial charge on any atom is 1.00 e. The van der Waals surface area contributed by atoms with Crippen LogP contribution in [0.4, 0.5) is 17.3 Å². The first-order chi connectivity index (χ1) is 31.4. The summed E-state index contributed by atoms with van der Waals surface area (Å²) in [6.45, 7) is 10.4. The van der Waals surface area contributed by atoms with Crippen molar-refractivity contribution in [2.75, 3.05) is 49.7 Å². The SMILES string of the molecule is CC1(C)C(=CC=C2CCCC(C=CC3=[N+](S(=O)(=O)O)c4ccccc4C3(C)C)=C2SCCOCCOCCOCCn2cc(Cn3ccnc3[N+](=O)[O-])nn2)N(S(=O)(=O)O)c2ccccc21.[Na+]. The van der Waals surface area contributed by atoms with E-state index in [1.807, 2.05) is 64.1 Å². The fraction of sp³-hybridized carbons (Fsp3) is 0.409. The monoisotopic (exact) mass is 988 g/mol. The molecule has 0 spiro atoms. The number of fused-ring (bicyclic) bond motifs is 2. The summed E-state index contributed by atoms with van der Waals surface area (Å²) in [4.78, 5) is 15.2. The number of imidazole rings is 1. The maximum atomic E-state index is 12.8. The number of aromatic nitrogens is 5. The van der Waals surface area contributed by atoms with Gasteiger partial charge in [-0.3, -0.25) is 4.55 Å². The van der Waals surface area contributed by atoms with E-state index < -0.39 is 36.4 Å². The van der Waals surface area contributed by atoms with Crippen LogP contribution in [0.15, 0.2) is 113 Å². The van der Waals surface area contributed by atoms with Gasteiger partial charge in [0.25, 0.3) is 0 Å². The van der Waals surface area contributed by atoms with E-state index in [1.54, 1.807) is 59.1 Å². The molecule has 7 rings (SSSR count). The number of para-hydroxylation sites is 2. The topological polar surface area (TPSA) is 234 Å². The third-order valence-corrected chi connectivity index (χ3v) is 14.5. The molecule has 0 saturated carbocycles. The van der Waals surface area contributed by atoms with Crippen LogP contribution in [0, 0.1) is 10.1 Å². The van der Waals surface area contributed by atoms with Crippen LogP contribution in [0.25, 0.3) is 0 Å². The number of thioether (sulfide) groups is 1. The number of benzene rings is 2. The predicted octanol–water partition coefficient (Wildman–Crippen LogP) is 3.50. The fourth-order valence-electron chi connectivity index (χ4n) is 8.41. The van der Waals surface area contributed by atoms with Crippen LogP contribution in [-0.4, -0.2) is 110 Å². The van der Waals surface area contributed by atoms with Crippen LogP contribution in [0.5, 0.6) is 0 Å². The number of rotatable bonds is 21. The minimum absolute atomic E-state index is 0. The van der Waals surface area contributed by atoms with Crippen molar-refractivity contribution in [3.63, 3.8) is 0 Å². The second kappa shape index (κ2) is 22.0. The second-order valence-corrected chi connectivity index (χ2v) is 20.3. The van der Waals surface area contributed by atoms with E-state index in [2.05, 4.69) is 15.3 Å². The normalized spacial score (nSPS) is 18.0. The molecule has 4 heterocycles. The van der Waals surface area contributed by atoms with Crippen LogP contribution in [-0.2, 0) is 58.7 Å². The number of anilines is 1. The molecule has 4 aromatic rings. The summed E-state index contributed by atoms with van der Waals surface area (Å²) in [5.74, 6) is 0.293. The third-order valence-electron chi connectivity index (χ3n) is 11.6. The first kappa shape index (κ1) is 52.0. The molecule has 1 aliphatic carbocycles. The van der Waals surface area contributed by atoms with Crippen molar-refractivity contribution in [1.29, 1.82) is 0 Å². The average Bonchev–Trinajstić information content (AvgIpc) is 4.02. The van der Waals surface area contributed by atoms with E-state index in [4.69, 9.17) is 14.2 Å². The fourth-order valence-corrected chi connectivity index (χ4v) is 11.4. The maximum absolute atomic E-state index is 12.8. The van der Waals surface area contributed by atoms with E-state index in [1.165, 1.54) is 17.0 Å². The van der Waals surface area contributed by atoms with E-state index in [0.717, 1.165) is 41.9 Å². The molecule has 0 bridgehead atoms. The zero-order valence-corrected chi connectivity index (χ0v) is 42.5. The molecule has 2 aromatic heterocycles. The largest absolute Gasteiger partial charge is 1.00 e. The molecule has 0 atom stereocenters. The molecule has 3 aliphatic rings. The summed E-state index contributed by atoms with van der Waals surface area (Å²) in [5.41, 5.74) is 4.03. The van der Waals surface area contributed by atoms with Crippen molar-refractivity contribution in [2.24, 2.45) is 0 Å². The van der Waals surface area contributed by atoms with Crippen LogP contribution in [0.1, 0.15) is 63.8 Å². The number of allylic oxidation sites excluding steroid dienone is 7. The number of ether oxygens (including phenoxy) is 3. The molecule has 352 valence electrons. The van der Waals surface area contributed by atoms with Crippen molar-refractivity contribution in [3.05, 3.63) is 140 Å². The summed E-state index contributed by atoms with van der Waals surface area (Å²) < 4.78 is 94.4. The molecule has 0 unspecified atom stereocenters. The summed E-state index contributed by atoms with van der Waals surface area (Å²) in [7, 11) is -9.32. The number of nitro groups is 1. The predicted molar refractivity (Wildman–Crippen MR) is 249 cm³/mol. The smallest absolute Gasteiger partial charge is 0.390 e. The van der Waals surface area contributed by atoms with Crippen molar-refractivity contribution < 1.29 is 78.6 Å². The average molecular weight is 989 g/mol. The van der Waals surface area contributed by atoms with Gasteiger partial charge >= 0.3 is 56.1 Å². The zero-order chi connectivity index (χ0) is 47.3. The van der Waals surface area contributed by atoms with Gasteiger partial charge in [0, 0.05) is 39.5 Å². The third kappa shape index (κ3) is 11.9. The summed E-state index contributed by atoms with van der Waals surface area (Å²) >= 11 is 1.58. The first-order valence-corrected chi connectivity index (χ1v) is 25.0. The van der Waals surface area contributed by atoms with Gasteiger partial charge in [0.15, 0.2) is 0 Å². The number of nitrogens with zero attached hydrogens (tertiary/aromatic N) is 8. The molecule has 0 radical (unpaired) electrons. The van der Waals surface area contributed by atoms with Crippen molar-refractivity contribution in [1.82, 2.24) is 24.5 Å². The van der Waals surface area contributed by atoms with Gasteiger partial charge < -0.3 is 24.3 Å². The van der Waals surface area contributed by atoms with Gasteiger partial charge in [-0.25, -0.2) is 18.1 Å². The Labute approximate surface area is 416 Å². The molecule has 2 N–H and O–H groups in total. The zero-order valence-electron chi connectivity index (χ0n) is 38.0. The molecule has 0 saturated heterocycles. The molecular formula is C44H53N8NaO11S3+2. The molecule has 0 amide bonds. The molecule has 0 fully saturated rings. The molecule has 2 aliphatic heterocycles. The summed E-state index contributed by atoms with van der Waals surface area (Å²) in [6, 6.07) is 14.2. The standard InChI is InChI=1S/C44H52N8O11S3.Na/c1-43(2)35-12-5-7-14-37(35)50(65(55,56)57)39(43)18-16-32-10-9-11-33(17-19-40-44(3,4)36-13-6-8-15-38(36)51(40)66(58,59)60)41(32)64-29-28-63-27-26-62-25-24-61-23-22-49-31-34(46-47-49)30-48-21-20-45-42(48)52(53)54;/h5-8,12-21,31H,9-11,22-30H2,1-4H3,(H-,55,56,57,58,59,60);/q;+1/p+1. The Morgan fingerprint density at radius 1 is 0.881 bits per heavy atom. The van der Waals surface area contributed by atoms with E-state index >= 15 is 0 Å². The minimum atomic E-state index is -4.66. The Kier molecular flexibility index (Phi) is 17.1. The van der Waals surface area contributed by atoms with Gasteiger partial charge in [-0.05, 0) is 66.9 Å². The van der Waals surface area contributed by atoms with Gasteiger partial charge in [0.05, 0.1) is 63.5 Å². The van der Waals surface area contributed by atoms with Gasteiger partial charge in [-0.2, -0.15) is 8.42 Å². The summed E-state index contributed by atoms with van der Waals surface area (Å²) in [5, 5.41) is 19.2. The van der Waals surface area contributed by atoms with E-state index in [0.29, 0.717) is 93.3 Å². The summed E-state index contributed by atoms with van der Waals surface area (Å²) in [6.07, 6.45) is 14.0. The minimum Gasteiger partial charge on any atom is -0.390 e. The van der Waals surface area contributed by atoms with Crippen molar-refractivity contribution >= 4 is 55.4 Å². The van der Waals surface area contributed by atoms with Crippen LogP contribution in [0.2, 0.25) is 0 Å². The van der Waals surface area contributed by atoms with Gasteiger partial charge in [-0.15, -0.1) is 25.3 Å². The second-order valence-electron chi connectivity index (χ2n) is 16.7. The van der Waals surface area contributed by atoms with Crippen LogP contribution >= 0.6 is 11.8 Å². The Balaban J connectivity index is 0.00000741. The quantitative estimate of drug-likeness (QED) is 0.0304. The Hall–Kier alpha value is -4.33. The molecule has 23 heteroatoms. The van der Waals surface area contributed by atoms with Gasteiger partial charge in [-0.1, -0.05) is 76.6 Å². The number of hydrogen-bond acceptors (Lipinski definition) is 13. The Morgan fingerprint density at radius 3 is 2.25 bits per heavy atom. The molecule has 67 heavy (non-hydrogen) atoms. The Bertz CT molecular complexity index is 2850. The number of hydrogen-bond donors (Lipinski definition) is 2. The Morgan fingerprint density at radius 2 is 1.55 bits per heavy atom. The van der Waals surface area contributed by atoms with Crippen LogP contribution < -0.4 is 33.9 Å². The first-order valence-electron chi connectivity index (χ1n) is 21.2.